The molecule has 0 radical (unpaired) electrons. The third-order valence-electron chi connectivity index (χ3n) is 3.86. The van der Waals surface area contributed by atoms with Crippen LogP contribution in [-0.4, -0.2) is 29.9 Å². The monoisotopic (exact) mass is 375 g/mol. The Morgan fingerprint density at radius 1 is 1.35 bits per heavy atom. The minimum Gasteiger partial charge on any atom is -0.482 e. The van der Waals surface area contributed by atoms with E-state index >= 15 is 0 Å². The van der Waals surface area contributed by atoms with Gasteiger partial charge in [0.25, 0.3) is 11.6 Å². The van der Waals surface area contributed by atoms with Crippen LogP contribution >= 0.6 is 11.6 Å². The molecular formula is C17H14ClN3O5. The van der Waals surface area contributed by atoms with E-state index in [0.717, 1.165) is 0 Å². The van der Waals surface area contributed by atoms with Crippen molar-refractivity contribution in [3.8, 4) is 5.75 Å². The second-order valence-corrected chi connectivity index (χ2v) is 6.12. The Balaban J connectivity index is 1.77. The number of hydrogen-bond donors (Lipinski definition) is 1. The molecule has 26 heavy (non-hydrogen) atoms. The fourth-order valence-electron chi connectivity index (χ4n) is 2.58. The van der Waals surface area contributed by atoms with Gasteiger partial charge in [0.1, 0.15) is 12.3 Å². The summed E-state index contributed by atoms with van der Waals surface area (Å²) in [5, 5.41) is 13.9. The lowest BCUT2D eigenvalue weighted by molar-refractivity contribution is -0.384. The summed E-state index contributed by atoms with van der Waals surface area (Å²) < 4.78 is 5.33. The van der Waals surface area contributed by atoms with E-state index in [4.69, 9.17) is 16.3 Å². The molecule has 2 aromatic rings. The summed E-state index contributed by atoms with van der Waals surface area (Å²) >= 11 is 5.97. The summed E-state index contributed by atoms with van der Waals surface area (Å²) in [5.74, 6) is -0.341. The van der Waals surface area contributed by atoms with Crippen LogP contribution in [0.1, 0.15) is 5.56 Å². The van der Waals surface area contributed by atoms with Crippen molar-refractivity contribution in [2.75, 3.05) is 23.4 Å². The van der Waals surface area contributed by atoms with Gasteiger partial charge in [-0.2, -0.15) is 0 Å². The van der Waals surface area contributed by atoms with Crippen LogP contribution in [0.4, 0.5) is 17.1 Å². The molecule has 3 rings (SSSR count). The molecule has 0 saturated heterocycles. The SMILES string of the molecule is Cc1cc([N+](=O)[O-])ccc1NC(=O)CN1C(=O)COc2ccc(Cl)cc21. The van der Waals surface area contributed by atoms with E-state index < -0.39 is 10.8 Å². The number of nitrogens with zero attached hydrogens (tertiary/aromatic N) is 2. The molecular weight excluding hydrogens is 362 g/mol. The number of rotatable bonds is 4. The van der Waals surface area contributed by atoms with Crippen LogP contribution in [0.25, 0.3) is 0 Å². The van der Waals surface area contributed by atoms with Crippen LogP contribution in [0, 0.1) is 17.0 Å². The lowest BCUT2D eigenvalue weighted by Crippen LogP contribution is -2.43. The van der Waals surface area contributed by atoms with Gasteiger partial charge in [-0.05, 0) is 36.8 Å². The molecule has 2 aromatic carbocycles. The van der Waals surface area contributed by atoms with Crippen LogP contribution in [0.15, 0.2) is 36.4 Å². The molecule has 1 N–H and O–H groups in total. The number of halogens is 1. The van der Waals surface area contributed by atoms with Crippen LogP contribution in [0.3, 0.4) is 0 Å². The maximum absolute atomic E-state index is 12.4. The standard InChI is InChI=1S/C17H14ClN3O5/c1-10-6-12(21(24)25)3-4-13(10)19-16(22)8-20-14-7-11(18)2-5-15(14)26-9-17(20)23/h2-7H,8-9H2,1H3,(H,19,22). The Kier molecular flexibility index (Phi) is 4.77. The first-order valence-corrected chi connectivity index (χ1v) is 8.00. The van der Waals surface area contributed by atoms with Gasteiger partial charge in [-0.1, -0.05) is 11.6 Å². The Morgan fingerprint density at radius 3 is 2.81 bits per heavy atom. The van der Waals surface area contributed by atoms with Crippen LogP contribution in [0.5, 0.6) is 5.75 Å². The molecule has 0 spiro atoms. The highest BCUT2D eigenvalue weighted by molar-refractivity contribution is 6.31. The number of carbonyl (C=O) groups is 2. The smallest absolute Gasteiger partial charge is 0.269 e. The first-order valence-electron chi connectivity index (χ1n) is 7.63. The summed E-state index contributed by atoms with van der Waals surface area (Å²) in [5.41, 5.74) is 1.34. The molecule has 9 heteroatoms. The number of nitrogens with one attached hydrogen (secondary N) is 1. The number of carbonyl (C=O) groups excluding carboxylic acids is 2. The molecule has 0 atom stereocenters. The third kappa shape index (κ3) is 3.60. The molecule has 0 saturated carbocycles. The first kappa shape index (κ1) is 17.7. The van der Waals surface area contributed by atoms with E-state index in [-0.39, 0.29) is 24.7 Å². The minimum absolute atomic E-state index is 0.0626. The number of ether oxygens (including phenoxy) is 1. The predicted octanol–water partition coefficient (Wildman–Crippen LogP) is 2.92. The Bertz CT molecular complexity index is 915. The topological polar surface area (TPSA) is 102 Å². The average molecular weight is 376 g/mol. The van der Waals surface area contributed by atoms with Gasteiger partial charge in [0, 0.05) is 22.8 Å². The highest BCUT2D eigenvalue weighted by Crippen LogP contribution is 2.34. The molecule has 0 aromatic heterocycles. The number of amides is 2. The van der Waals surface area contributed by atoms with E-state index in [0.29, 0.717) is 27.7 Å². The van der Waals surface area contributed by atoms with Gasteiger partial charge in [-0.3, -0.25) is 24.6 Å². The van der Waals surface area contributed by atoms with Crippen molar-refractivity contribution in [3.05, 3.63) is 57.1 Å². The number of fused-ring (bicyclic) bond motifs is 1. The average Bonchev–Trinajstić information content (AvgIpc) is 2.59. The zero-order chi connectivity index (χ0) is 18.8. The molecule has 1 heterocycles. The zero-order valence-electron chi connectivity index (χ0n) is 13.7. The Morgan fingerprint density at radius 2 is 2.12 bits per heavy atom. The fraction of sp³-hybridized carbons (Fsp3) is 0.176. The van der Waals surface area contributed by atoms with E-state index in [1.807, 2.05) is 0 Å². The number of aryl methyl sites for hydroxylation is 1. The van der Waals surface area contributed by atoms with Crippen molar-refractivity contribution in [2.24, 2.45) is 0 Å². The lowest BCUT2D eigenvalue weighted by atomic mass is 10.1. The van der Waals surface area contributed by atoms with Crippen molar-refractivity contribution in [1.82, 2.24) is 0 Å². The number of hydrogen-bond acceptors (Lipinski definition) is 5. The fourth-order valence-corrected chi connectivity index (χ4v) is 2.75. The number of nitro benzene ring substituents is 1. The molecule has 2 amide bonds. The highest BCUT2D eigenvalue weighted by atomic mass is 35.5. The van der Waals surface area contributed by atoms with Crippen LogP contribution in [0.2, 0.25) is 5.02 Å². The van der Waals surface area contributed by atoms with Gasteiger partial charge in [-0.15, -0.1) is 0 Å². The number of anilines is 2. The summed E-state index contributed by atoms with van der Waals surface area (Å²) in [6.07, 6.45) is 0. The van der Waals surface area contributed by atoms with E-state index in [1.165, 1.54) is 23.1 Å². The van der Waals surface area contributed by atoms with Crippen LogP contribution in [-0.2, 0) is 9.59 Å². The van der Waals surface area contributed by atoms with Crippen molar-refractivity contribution in [3.63, 3.8) is 0 Å². The molecule has 1 aliphatic heterocycles. The summed E-state index contributed by atoms with van der Waals surface area (Å²) in [6.45, 7) is 1.25. The Labute approximate surface area is 153 Å². The second kappa shape index (κ2) is 7.01. The number of non-ortho nitro benzene ring substituents is 1. The van der Waals surface area contributed by atoms with Gasteiger partial charge in [-0.25, -0.2) is 0 Å². The molecule has 0 bridgehead atoms. The third-order valence-corrected chi connectivity index (χ3v) is 4.10. The van der Waals surface area contributed by atoms with Gasteiger partial charge in [0.2, 0.25) is 5.91 Å². The zero-order valence-corrected chi connectivity index (χ0v) is 14.4. The molecule has 8 nitrogen and oxygen atoms in total. The van der Waals surface area contributed by atoms with Crippen molar-refractivity contribution in [1.29, 1.82) is 0 Å². The van der Waals surface area contributed by atoms with Crippen LogP contribution < -0.4 is 15.0 Å². The summed E-state index contributed by atoms with van der Waals surface area (Å²) in [7, 11) is 0. The normalized spacial score (nSPS) is 13.0. The highest BCUT2D eigenvalue weighted by Gasteiger charge is 2.27. The van der Waals surface area contributed by atoms with Gasteiger partial charge < -0.3 is 10.1 Å². The summed E-state index contributed by atoms with van der Waals surface area (Å²) in [4.78, 5) is 36.1. The maximum Gasteiger partial charge on any atom is 0.269 e. The Hall–Kier alpha value is -3.13. The molecule has 0 aliphatic carbocycles. The number of nitro groups is 1. The lowest BCUT2D eigenvalue weighted by Gasteiger charge is -2.29. The van der Waals surface area contributed by atoms with Gasteiger partial charge in [0.15, 0.2) is 6.61 Å². The van der Waals surface area contributed by atoms with Crippen molar-refractivity contribution < 1.29 is 19.2 Å². The molecule has 0 fully saturated rings. The van der Waals surface area contributed by atoms with E-state index in [1.54, 1.807) is 25.1 Å². The maximum atomic E-state index is 12.4. The second-order valence-electron chi connectivity index (χ2n) is 5.69. The summed E-state index contributed by atoms with van der Waals surface area (Å²) in [6, 6.07) is 8.95. The quantitative estimate of drug-likeness (QED) is 0.654. The predicted molar refractivity (Wildman–Crippen MR) is 95.8 cm³/mol. The van der Waals surface area contributed by atoms with Crippen molar-refractivity contribution >= 4 is 40.5 Å². The number of benzene rings is 2. The molecule has 134 valence electrons. The molecule has 1 aliphatic rings. The minimum atomic E-state index is -0.508. The largest absolute Gasteiger partial charge is 0.482 e. The molecule has 0 unspecified atom stereocenters. The van der Waals surface area contributed by atoms with Crippen molar-refractivity contribution in [2.45, 2.75) is 6.92 Å². The van der Waals surface area contributed by atoms with E-state index in [2.05, 4.69) is 5.32 Å². The van der Waals surface area contributed by atoms with Gasteiger partial charge >= 0.3 is 0 Å². The van der Waals surface area contributed by atoms with Gasteiger partial charge in [0.05, 0.1) is 10.6 Å². The first-order chi connectivity index (χ1) is 12.3. The van der Waals surface area contributed by atoms with E-state index in [9.17, 15) is 19.7 Å².